The minimum atomic E-state index is 1.15. The van der Waals surface area contributed by atoms with Gasteiger partial charge in [0.15, 0.2) is 0 Å². The zero-order valence-corrected chi connectivity index (χ0v) is 7.60. The monoisotopic (exact) mass is 268 g/mol. The Hall–Kier alpha value is 1.20. The SMILES string of the molecule is [Sn][N]=[N][Sn]. The van der Waals surface area contributed by atoms with E-state index in [0.29, 0.717) is 0 Å². The summed E-state index contributed by atoms with van der Waals surface area (Å²) in [6, 6.07) is 0. The van der Waals surface area contributed by atoms with Crippen LogP contribution in [0.1, 0.15) is 0 Å². The van der Waals surface area contributed by atoms with Crippen molar-refractivity contribution in [2.45, 2.75) is 0 Å². The van der Waals surface area contributed by atoms with Crippen LogP contribution < -0.4 is 0 Å². The molecule has 0 spiro atoms. The molecule has 4 heteroatoms. The van der Waals surface area contributed by atoms with Crippen LogP contribution in [0, 0.1) is 0 Å². The zero-order valence-electron chi connectivity index (χ0n) is 1.89. The molecular weight excluding hydrogens is 265 g/mol. The van der Waals surface area contributed by atoms with Gasteiger partial charge in [-0.3, -0.25) is 0 Å². The van der Waals surface area contributed by atoms with Crippen molar-refractivity contribution in [1.82, 2.24) is 0 Å². The third-order valence-electron chi connectivity index (χ3n) is 0.0500. The molecular formula is N2Sn2. The van der Waals surface area contributed by atoms with E-state index in [1.807, 2.05) is 0 Å². The van der Waals surface area contributed by atoms with E-state index in [-0.39, 0.29) is 0 Å². The summed E-state index contributed by atoms with van der Waals surface area (Å²) in [5.41, 5.74) is 0. The van der Waals surface area contributed by atoms with Gasteiger partial charge in [0, 0.05) is 0 Å². The van der Waals surface area contributed by atoms with Crippen LogP contribution in [-0.2, 0) is 0 Å². The van der Waals surface area contributed by atoms with Crippen molar-refractivity contribution in [2.75, 3.05) is 0 Å². The normalized spacial score (nSPS) is 9.50. The fourth-order valence-electron chi connectivity index (χ4n) is 0. The van der Waals surface area contributed by atoms with Gasteiger partial charge in [0.25, 0.3) is 0 Å². The van der Waals surface area contributed by atoms with E-state index in [1.54, 1.807) is 0 Å². The van der Waals surface area contributed by atoms with Crippen LogP contribution in [0.3, 0.4) is 0 Å². The van der Waals surface area contributed by atoms with Gasteiger partial charge in [0.05, 0.1) is 0 Å². The maximum absolute atomic E-state index is 3.49. The van der Waals surface area contributed by atoms with E-state index in [2.05, 4.69) is 6.67 Å². The van der Waals surface area contributed by atoms with Crippen LogP contribution >= 0.6 is 0 Å². The van der Waals surface area contributed by atoms with Gasteiger partial charge in [0.2, 0.25) is 0 Å². The molecule has 0 aliphatic rings. The fraction of sp³-hybridized carbons (Fsp3) is 0. The molecule has 0 saturated heterocycles. The summed E-state index contributed by atoms with van der Waals surface area (Å²) in [4.78, 5) is 0. The second-order valence-corrected chi connectivity index (χ2v) is 1.34. The standard InChI is InChI=1S/N2.2Sn/c1-2;;/q-2;2*+1. The van der Waals surface area contributed by atoms with Crippen LogP contribution in [0.25, 0.3) is 0 Å². The molecule has 0 bridgehead atoms. The summed E-state index contributed by atoms with van der Waals surface area (Å²) in [5, 5.41) is 0. The Labute approximate surface area is 51.9 Å². The number of hydrogen-bond donors (Lipinski definition) is 0. The average Bonchev–Trinajstić information content (AvgIpc) is 1.37. The van der Waals surface area contributed by atoms with Gasteiger partial charge in [-0.15, -0.1) is 0 Å². The Kier molecular flexibility index (Phi) is 5.45. The number of hydrogen-bond acceptors (Lipinski definition) is 2. The molecule has 0 rings (SSSR count). The molecule has 2 nitrogen and oxygen atoms in total. The molecule has 18 valence electrons. The van der Waals surface area contributed by atoms with Crippen molar-refractivity contribution in [2.24, 2.45) is 6.67 Å². The van der Waals surface area contributed by atoms with Gasteiger partial charge in [-0.1, -0.05) is 0 Å². The maximum atomic E-state index is 3.49. The minimum absolute atomic E-state index is 1.15. The molecule has 0 aliphatic heterocycles. The Bertz CT molecular complexity index is 19.2. The molecule has 4 heavy (non-hydrogen) atoms. The molecule has 0 atom stereocenters. The summed E-state index contributed by atoms with van der Waals surface area (Å²) in [5.74, 6) is 0. The van der Waals surface area contributed by atoms with E-state index in [9.17, 15) is 0 Å². The first-order valence-electron chi connectivity index (χ1n) is 0.647. The van der Waals surface area contributed by atoms with Crippen LogP contribution in [0.5, 0.6) is 0 Å². The summed E-state index contributed by atoms with van der Waals surface area (Å²) >= 11 is 2.30. The molecule has 0 aromatic carbocycles. The number of rotatable bonds is 0. The molecule has 0 aromatic heterocycles. The van der Waals surface area contributed by atoms with Gasteiger partial charge in [0.1, 0.15) is 0 Å². The third kappa shape index (κ3) is 3.20. The van der Waals surface area contributed by atoms with Crippen molar-refractivity contribution >= 4 is 45.6 Å². The molecule has 0 N–H and O–H groups in total. The van der Waals surface area contributed by atoms with Crippen LogP contribution in [-0.4, -0.2) is 45.6 Å². The van der Waals surface area contributed by atoms with Crippen LogP contribution in [0.15, 0.2) is 6.67 Å². The van der Waals surface area contributed by atoms with Crippen molar-refractivity contribution in [3.05, 3.63) is 0 Å². The summed E-state index contributed by atoms with van der Waals surface area (Å²) in [7, 11) is 0. The predicted octanol–water partition coefficient (Wildman–Crippen LogP) is -0.394. The van der Waals surface area contributed by atoms with E-state index in [4.69, 9.17) is 0 Å². The first-order chi connectivity index (χ1) is 1.91. The molecule has 0 aliphatic carbocycles. The van der Waals surface area contributed by atoms with Crippen molar-refractivity contribution in [3.63, 3.8) is 0 Å². The van der Waals surface area contributed by atoms with E-state index in [0.717, 1.165) is 45.6 Å². The van der Waals surface area contributed by atoms with E-state index in [1.165, 1.54) is 0 Å². The Balaban J connectivity index is 2.55. The molecule has 0 amide bonds. The van der Waals surface area contributed by atoms with Crippen molar-refractivity contribution in [3.8, 4) is 0 Å². The fourth-order valence-corrected chi connectivity index (χ4v) is 0. The predicted molar refractivity (Wildman–Crippen MR) is 16.4 cm³/mol. The summed E-state index contributed by atoms with van der Waals surface area (Å²) in [6.45, 7) is 0. The Morgan fingerprint density at radius 3 is 1.25 bits per heavy atom. The van der Waals surface area contributed by atoms with Gasteiger partial charge in [-0.2, -0.15) is 0 Å². The molecule has 0 fully saturated rings. The molecule has 6 radical (unpaired) electrons. The van der Waals surface area contributed by atoms with Crippen molar-refractivity contribution in [1.29, 1.82) is 0 Å². The summed E-state index contributed by atoms with van der Waals surface area (Å²) < 4.78 is 6.98. The van der Waals surface area contributed by atoms with Crippen LogP contribution in [0.2, 0.25) is 0 Å². The quantitative estimate of drug-likeness (QED) is 0.421. The van der Waals surface area contributed by atoms with Gasteiger partial charge in [-0.25, -0.2) is 0 Å². The Morgan fingerprint density at radius 1 is 1.00 bits per heavy atom. The van der Waals surface area contributed by atoms with Gasteiger partial charge >= 0.3 is 52.3 Å². The Morgan fingerprint density at radius 2 is 1.25 bits per heavy atom. The topological polar surface area (TPSA) is 24.7 Å². The van der Waals surface area contributed by atoms with E-state index < -0.39 is 0 Å². The van der Waals surface area contributed by atoms with Gasteiger partial charge in [-0.05, 0) is 0 Å². The van der Waals surface area contributed by atoms with Crippen LogP contribution in [0.4, 0.5) is 0 Å². The zero-order chi connectivity index (χ0) is 3.41. The average molecular weight is 265 g/mol. The van der Waals surface area contributed by atoms with E-state index >= 15 is 0 Å². The van der Waals surface area contributed by atoms with Gasteiger partial charge < -0.3 is 0 Å². The molecule has 0 unspecified atom stereocenters. The second kappa shape index (κ2) is 4.20. The molecule has 0 saturated carbocycles. The number of nitrogens with zero attached hydrogens (tertiary/aromatic N) is 2. The first kappa shape index (κ1) is 5.20. The molecule has 0 heterocycles. The second-order valence-electron chi connectivity index (χ2n) is 0.200. The van der Waals surface area contributed by atoms with Crippen molar-refractivity contribution < 1.29 is 0 Å². The summed E-state index contributed by atoms with van der Waals surface area (Å²) in [6.07, 6.45) is 0. The first-order valence-corrected chi connectivity index (χ1v) is 3.20. The third-order valence-corrected chi connectivity index (χ3v) is 2.25. The molecule has 0 aromatic rings.